The van der Waals surface area contributed by atoms with Crippen molar-refractivity contribution < 1.29 is 19.3 Å². The molecule has 3 N–H and O–H groups in total. The highest BCUT2D eigenvalue weighted by molar-refractivity contribution is 7.71. The lowest BCUT2D eigenvalue weighted by atomic mass is 10.1. The van der Waals surface area contributed by atoms with Crippen LogP contribution in [0, 0.1) is 4.77 Å². The van der Waals surface area contributed by atoms with Crippen LogP contribution in [0.4, 0.5) is 4.39 Å². The van der Waals surface area contributed by atoms with E-state index in [1.54, 1.807) is 0 Å². The Bertz CT molecular complexity index is 516. The van der Waals surface area contributed by atoms with E-state index in [4.69, 9.17) is 22.1 Å². The zero-order valence-corrected chi connectivity index (χ0v) is 9.43. The molecule has 0 bridgehead atoms. The van der Waals surface area contributed by atoms with E-state index in [0.717, 1.165) is 0 Å². The fraction of sp³-hybridized carbons (Fsp3) is 0.556. The lowest BCUT2D eigenvalue weighted by Crippen LogP contribution is -2.30. The van der Waals surface area contributed by atoms with Gasteiger partial charge in [-0.25, -0.2) is 4.39 Å². The van der Waals surface area contributed by atoms with E-state index in [1.165, 1.54) is 16.8 Å². The van der Waals surface area contributed by atoms with Gasteiger partial charge in [0.1, 0.15) is 12.2 Å². The number of nitrogens with zero attached hydrogens (tertiary/aromatic N) is 1. The number of rotatable bonds is 2. The smallest absolute Gasteiger partial charge is 0.251 e. The van der Waals surface area contributed by atoms with Crippen LogP contribution in [-0.2, 0) is 4.74 Å². The Kier molecular flexibility index (Phi) is 3.38. The zero-order chi connectivity index (χ0) is 12.6. The van der Waals surface area contributed by atoms with Gasteiger partial charge in [0, 0.05) is 12.3 Å². The summed E-state index contributed by atoms with van der Waals surface area (Å²) < 4.78 is 19.9. The van der Waals surface area contributed by atoms with E-state index >= 15 is 0 Å². The second kappa shape index (κ2) is 4.65. The molecule has 8 heteroatoms. The van der Waals surface area contributed by atoms with Crippen LogP contribution in [-0.4, -0.2) is 44.8 Å². The summed E-state index contributed by atoms with van der Waals surface area (Å²) >= 11 is 4.87. The second-order valence-electron chi connectivity index (χ2n) is 3.70. The average molecular weight is 262 g/mol. The molecule has 4 atom stereocenters. The maximum absolute atomic E-state index is 13.5. The van der Waals surface area contributed by atoms with Crippen molar-refractivity contribution in [2.24, 2.45) is 0 Å². The molecule has 0 aromatic carbocycles. The number of aromatic nitrogens is 2. The van der Waals surface area contributed by atoms with Crippen LogP contribution in [0.5, 0.6) is 0 Å². The molecule has 0 aliphatic carbocycles. The Morgan fingerprint density at radius 2 is 2.35 bits per heavy atom. The van der Waals surface area contributed by atoms with Crippen molar-refractivity contribution in [1.29, 1.82) is 0 Å². The number of alkyl halides is 1. The molecule has 2 heterocycles. The number of hydrogen-bond acceptors (Lipinski definition) is 5. The zero-order valence-electron chi connectivity index (χ0n) is 8.62. The number of halogens is 1. The predicted octanol–water partition coefficient (Wildman–Crippen LogP) is -0.505. The van der Waals surface area contributed by atoms with Crippen molar-refractivity contribution in [3.63, 3.8) is 0 Å². The van der Waals surface area contributed by atoms with Gasteiger partial charge in [0.25, 0.3) is 5.56 Å². The Labute approximate surface area is 100 Å². The summed E-state index contributed by atoms with van der Waals surface area (Å²) in [5.41, 5.74) is -0.394. The van der Waals surface area contributed by atoms with Crippen LogP contribution in [0.3, 0.4) is 0 Å². The maximum Gasteiger partial charge on any atom is 0.251 e. The monoisotopic (exact) mass is 262 g/mol. The lowest BCUT2D eigenvalue weighted by molar-refractivity contribution is -0.0528. The van der Waals surface area contributed by atoms with Gasteiger partial charge in [-0.1, -0.05) is 0 Å². The van der Waals surface area contributed by atoms with Crippen molar-refractivity contribution in [2.45, 2.75) is 24.6 Å². The third kappa shape index (κ3) is 2.16. The SMILES string of the molecule is O=c1ccn([C@H]2O[C@@H](CO)[C@H](F)[C@@H]2O)c(=S)[nH]1. The van der Waals surface area contributed by atoms with Crippen molar-refractivity contribution in [3.05, 3.63) is 27.4 Å². The number of ether oxygens (including phenoxy) is 1. The van der Waals surface area contributed by atoms with Crippen LogP contribution < -0.4 is 5.56 Å². The van der Waals surface area contributed by atoms with Gasteiger partial charge in [-0.05, 0) is 12.2 Å². The van der Waals surface area contributed by atoms with Crippen molar-refractivity contribution >= 4 is 12.2 Å². The average Bonchev–Trinajstić information content (AvgIpc) is 2.57. The summed E-state index contributed by atoms with van der Waals surface area (Å²) in [6.45, 7) is -0.536. The molecule has 0 radical (unpaired) electrons. The van der Waals surface area contributed by atoms with Crippen LogP contribution in [0.15, 0.2) is 17.1 Å². The highest BCUT2D eigenvalue weighted by atomic mass is 32.1. The van der Waals surface area contributed by atoms with E-state index in [1.807, 2.05) is 0 Å². The molecule has 1 aromatic heterocycles. The summed E-state index contributed by atoms with van der Waals surface area (Å²) in [6, 6.07) is 1.19. The molecule has 0 amide bonds. The van der Waals surface area contributed by atoms with E-state index in [0.29, 0.717) is 0 Å². The first kappa shape index (κ1) is 12.4. The molecule has 1 aliphatic heterocycles. The summed E-state index contributed by atoms with van der Waals surface area (Å²) in [4.78, 5) is 13.3. The molecule has 1 saturated heterocycles. The minimum atomic E-state index is -1.70. The molecule has 0 unspecified atom stereocenters. The third-order valence-electron chi connectivity index (χ3n) is 2.59. The normalized spacial score (nSPS) is 32.9. The predicted molar refractivity (Wildman–Crippen MR) is 57.8 cm³/mol. The Morgan fingerprint density at radius 1 is 1.65 bits per heavy atom. The van der Waals surface area contributed by atoms with Gasteiger partial charge in [-0.3, -0.25) is 14.3 Å². The van der Waals surface area contributed by atoms with Crippen LogP contribution in [0.1, 0.15) is 6.23 Å². The summed E-state index contributed by atoms with van der Waals surface area (Å²) in [5.74, 6) is 0. The molecule has 1 aliphatic rings. The van der Waals surface area contributed by atoms with Gasteiger partial charge in [0.05, 0.1) is 6.61 Å². The fourth-order valence-electron chi connectivity index (χ4n) is 1.71. The van der Waals surface area contributed by atoms with Crippen molar-refractivity contribution in [3.8, 4) is 0 Å². The molecular weight excluding hydrogens is 251 g/mol. The first-order valence-corrected chi connectivity index (χ1v) is 5.35. The molecular formula is C9H11FN2O4S. The number of aromatic amines is 1. The standard InChI is InChI=1S/C9H11FN2O4S/c10-6-4(3-13)16-8(7(6)15)12-2-1-5(14)11-9(12)17/h1-2,4,6-8,13,15H,3H2,(H,11,14,17)/t4-,6-,7-,8-/m0/s1. The van der Waals surface area contributed by atoms with Gasteiger partial charge >= 0.3 is 0 Å². The molecule has 1 fully saturated rings. The minimum Gasteiger partial charge on any atom is -0.394 e. The molecule has 2 rings (SSSR count). The van der Waals surface area contributed by atoms with E-state index in [-0.39, 0.29) is 4.77 Å². The molecule has 94 valence electrons. The molecule has 0 spiro atoms. The summed E-state index contributed by atoms with van der Waals surface area (Å²) in [5, 5.41) is 18.5. The van der Waals surface area contributed by atoms with Crippen LogP contribution >= 0.6 is 12.2 Å². The lowest BCUT2D eigenvalue weighted by Gasteiger charge is -2.17. The Hall–Kier alpha value is -1.09. The summed E-state index contributed by atoms with van der Waals surface area (Å²) in [7, 11) is 0. The first-order chi connectivity index (χ1) is 8.04. The maximum atomic E-state index is 13.5. The van der Waals surface area contributed by atoms with E-state index < -0.39 is 36.8 Å². The van der Waals surface area contributed by atoms with Crippen molar-refractivity contribution in [2.75, 3.05) is 6.61 Å². The molecule has 1 aromatic rings. The molecule has 17 heavy (non-hydrogen) atoms. The Morgan fingerprint density at radius 3 is 2.88 bits per heavy atom. The van der Waals surface area contributed by atoms with Crippen LogP contribution in [0.2, 0.25) is 0 Å². The van der Waals surface area contributed by atoms with Gasteiger partial charge in [-0.2, -0.15) is 0 Å². The summed E-state index contributed by atoms with van der Waals surface area (Å²) in [6.07, 6.45) is -3.97. The fourth-order valence-corrected chi connectivity index (χ4v) is 1.98. The van der Waals surface area contributed by atoms with Gasteiger partial charge in [-0.15, -0.1) is 0 Å². The quantitative estimate of drug-likeness (QED) is 0.625. The van der Waals surface area contributed by atoms with Crippen molar-refractivity contribution in [1.82, 2.24) is 9.55 Å². The number of hydrogen-bond donors (Lipinski definition) is 3. The third-order valence-corrected chi connectivity index (χ3v) is 2.91. The van der Waals surface area contributed by atoms with Gasteiger partial charge < -0.3 is 14.9 Å². The first-order valence-electron chi connectivity index (χ1n) is 4.94. The number of aliphatic hydroxyl groups excluding tert-OH is 2. The molecule has 0 saturated carbocycles. The van der Waals surface area contributed by atoms with Gasteiger partial charge in [0.15, 0.2) is 17.2 Å². The van der Waals surface area contributed by atoms with Gasteiger partial charge in [0.2, 0.25) is 0 Å². The topological polar surface area (TPSA) is 87.5 Å². The number of nitrogens with one attached hydrogen (secondary N) is 1. The van der Waals surface area contributed by atoms with E-state index in [2.05, 4.69) is 4.98 Å². The number of H-pyrrole nitrogens is 1. The second-order valence-corrected chi connectivity index (χ2v) is 4.09. The highest BCUT2D eigenvalue weighted by Crippen LogP contribution is 2.30. The van der Waals surface area contributed by atoms with E-state index in [9.17, 15) is 14.3 Å². The molecule has 6 nitrogen and oxygen atoms in total. The number of aliphatic hydroxyl groups is 2. The Balaban J connectivity index is 2.35. The largest absolute Gasteiger partial charge is 0.394 e. The minimum absolute atomic E-state index is 0.0207. The highest BCUT2D eigenvalue weighted by Gasteiger charge is 2.44. The van der Waals surface area contributed by atoms with Crippen LogP contribution in [0.25, 0.3) is 0 Å².